The van der Waals surface area contributed by atoms with Gasteiger partial charge < -0.3 is 19.9 Å². The van der Waals surface area contributed by atoms with Crippen LogP contribution in [-0.2, 0) is 4.74 Å². The summed E-state index contributed by atoms with van der Waals surface area (Å²) in [6.45, 7) is 3.68. The Labute approximate surface area is 188 Å². The number of amides is 1. The molecule has 1 N–H and O–H groups in total. The predicted molar refractivity (Wildman–Crippen MR) is 128 cm³/mol. The van der Waals surface area contributed by atoms with Crippen LogP contribution < -0.4 is 10.2 Å². The second-order valence-corrected chi connectivity index (χ2v) is 8.93. The number of nitrogens with zero attached hydrogens (tertiary/aromatic N) is 2. The number of benzene rings is 2. The van der Waals surface area contributed by atoms with E-state index in [-0.39, 0.29) is 11.9 Å². The molecule has 2 aromatic carbocycles. The standard InChI is InChI=1S/C25H29N3O2S/c1-27(2)22(20-11-7-4-8-12-20)18-26-24(29)23-17-21(19-9-5-3-6-10-19)25(31-23)28-13-15-30-16-14-28/h3-12,17,22H,13-16,18H2,1-2H3,(H,26,29). The molecule has 1 saturated heterocycles. The van der Waals surface area contributed by atoms with Crippen LogP contribution in [-0.4, -0.2) is 57.8 Å². The van der Waals surface area contributed by atoms with Crippen LogP contribution in [0.3, 0.4) is 0 Å². The van der Waals surface area contributed by atoms with Crippen LogP contribution in [0.1, 0.15) is 21.3 Å². The van der Waals surface area contributed by atoms with Gasteiger partial charge in [0.15, 0.2) is 0 Å². The molecule has 0 bridgehead atoms. The highest BCUT2D eigenvalue weighted by Gasteiger charge is 2.23. The fourth-order valence-electron chi connectivity index (χ4n) is 3.87. The van der Waals surface area contributed by atoms with E-state index in [0.29, 0.717) is 6.54 Å². The molecule has 1 unspecified atom stereocenters. The maximum Gasteiger partial charge on any atom is 0.261 e. The molecular formula is C25H29N3O2S. The molecule has 31 heavy (non-hydrogen) atoms. The van der Waals surface area contributed by atoms with Gasteiger partial charge in [-0.2, -0.15) is 0 Å². The third kappa shape index (κ3) is 5.15. The first-order valence-electron chi connectivity index (χ1n) is 10.6. The van der Waals surface area contributed by atoms with E-state index in [0.717, 1.165) is 47.3 Å². The van der Waals surface area contributed by atoms with Crippen molar-refractivity contribution in [3.8, 4) is 11.1 Å². The third-order valence-corrected chi connectivity index (χ3v) is 6.78. The number of ether oxygens (including phenoxy) is 1. The van der Waals surface area contributed by atoms with Crippen molar-refractivity contribution >= 4 is 22.2 Å². The van der Waals surface area contributed by atoms with E-state index in [9.17, 15) is 4.79 Å². The summed E-state index contributed by atoms with van der Waals surface area (Å²) in [5.74, 6) is -0.0236. The van der Waals surface area contributed by atoms with Gasteiger partial charge in [0.1, 0.15) is 0 Å². The molecule has 0 spiro atoms. The molecule has 1 aromatic heterocycles. The number of nitrogens with one attached hydrogen (secondary N) is 1. The second-order valence-electron chi connectivity index (χ2n) is 7.90. The molecule has 1 aliphatic heterocycles. The molecule has 1 atom stereocenters. The molecule has 0 aliphatic carbocycles. The lowest BCUT2D eigenvalue weighted by atomic mass is 10.1. The summed E-state index contributed by atoms with van der Waals surface area (Å²) in [6, 6.07) is 22.7. The zero-order valence-electron chi connectivity index (χ0n) is 18.1. The molecule has 1 aliphatic rings. The molecule has 0 radical (unpaired) electrons. The van der Waals surface area contributed by atoms with Crippen LogP contribution in [0.4, 0.5) is 5.00 Å². The van der Waals surface area contributed by atoms with E-state index in [4.69, 9.17) is 4.74 Å². The highest BCUT2D eigenvalue weighted by Crippen LogP contribution is 2.39. The van der Waals surface area contributed by atoms with Crippen LogP contribution in [0.5, 0.6) is 0 Å². The fraction of sp³-hybridized carbons (Fsp3) is 0.320. The maximum absolute atomic E-state index is 13.1. The van der Waals surface area contributed by atoms with Gasteiger partial charge >= 0.3 is 0 Å². The average molecular weight is 436 g/mol. The lowest BCUT2D eigenvalue weighted by Crippen LogP contribution is -2.36. The molecule has 162 valence electrons. The normalized spacial score (nSPS) is 15.1. The molecule has 0 saturated carbocycles. The predicted octanol–water partition coefficient (Wildman–Crippen LogP) is 4.28. The van der Waals surface area contributed by atoms with E-state index in [1.54, 1.807) is 11.3 Å². The number of thiophene rings is 1. The summed E-state index contributed by atoms with van der Waals surface area (Å²) >= 11 is 1.57. The number of anilines is 1. The van der Waals surface area contributed by atoms with Crippen molar-refractivity contribution in [1.29, 1.82) is 0 Å². The Morgan fingerprint density at radius 2 is 1.71 bits per heavy atom. The first-order chi connectivity index (χ1) is 15.1. The van der Waals surface area contributed by atoms with E-state index in [2.05, 4.69) is 39.4 Å². The van der Waals surface area contributed by atoms with Crippen molar-refractivity contribution in [2.45, 2.75) is 6.04 Å². The van der Waals surface area contributed by atoms with Crippen molar-refractivity contribution in [2.75, 3.05) is 51.8 Å². The number of carbonyl (C=O) groups excluding carboxylic acids is 1. The topological polar surface area (TPSA) is 44.8 Å². The average Bonchev–Trinajstić information content (AvgIpc) is 3.26. The quantitative estimate of drug-likeness (QED) is 0.602. The van der Waals surface area contributed by atoms with Crippen molar-refractivity contribution in [2.24, 2.45) is 0 Å². The number of morpholine rings is 1. The first kappa shape index (κ1) is 21.6. The minimum atomic E-state index is -0.0236. The highest BCUT2D eigenvalue weighted by atomic mass is 32.1. The van der Waals surface area contributed by atoms with E-state index in [1.165, 1.54) is 5.56 Å². The van der Waals surface area contributed by atoms with Gasteiger partial charge in [0.25, 0.3) is 5.91 Å². The Bertz CT molecular complexity index is 983. The number of rotatable bonds is 7. The second kappa shape index (κ2) is 10.1. The van der Waals surface area contributed by atoms with Gasteiger partial charge in [0.05, 0.1) is 29.1 Å². The Morgan fingerprint density at radius 3 is 2.35 bits per heavy atom. The zero-order valence-corrected chi connectivity index (χ0v) is 18.9. The van der Waals surface area contributed by atoms with Gasteiger partial charge in [-0.05, 0) is 31.3 Å². The van der Waals surface area contributed by atoms with Crippen molar-refractivity contribution < 1.29 is 9.53 Å². The van der Waals surface area contributed by atoms with Crippen molar-refractivity contribution in [3.63, 3.8) is 0 Å². The summed E-state index contributed by atoms with van der Waals surface area (Å²) in [7, 11) is 4.08. The van der Waals surface area contributed by atoms with Crippen molar-refractivity contribution in [3.05, 3.63) is 77.2 Å². The smallest absolute Gasteiger partial charge is 0.261 e. The van der Waals surface area contributed by atoms with Crippen LogP contribution in [0.25, 0.3) is 11.1 Å². The monoisotopic (exact) mass is 435 g/mol. The van der Waals surface area contributed by atoms with E-state index < -0.39 is 0 Å². The van der Waals surface area contributed by atoms with Gasteiger partial charge in [0, 0.05) is 25.2 Å². The van der Waals surface area contributed by atoms with Gasteiger partial charge in [0.2, 0.25) is 0 Å². The van der Waals surface area contributed by atoms with Crippen LogP contribution in [0.2, 0.25) is 0 Å². The largest absolute Gasteiger partial charge is 0.378 e. The molecule has 4 rings (SSSR count). The number of carbonyl (C=O) groups is 1. The summed E-state index contributed by atoms with van der Waals surface area (Å²) < 4.78 is 5.53. The van der Waals surface area contributed by atoms with E-state index in [1.807, 2.05) is 56.6 Å². The van der Waals surface area contributed by atoms with Crippen molar-refractivity contribution in [1.82, 2.24) is 10.2 Å². The Balaban J connectivity index is 1.55. The van der Waals surface area contributed by atoms with Gasteiger partial charge in [-0.25, -0.2) is 0 Å². The maximum atomic E-state index is 13.1. The van der Waals surface area contributed by atoms with Gasteiger partial charge in [-0.3, -0.25) is 4.79 Å². The van der Waals surface area contributed by atoms with Gasteiger partial charge in [-0.1, -0.05) is 60.7 Å². The number of hydrogen-bond donors (Lipinski definition) is 1. The molecule has 3 aromatic rings. The number of likely N-dealkylation sites (N-methyl/N-ethyl adjacent to an activating group) is 1. The Kier molecular flexibility index (Phi) is 7.02. The fourth-order valence-corrected chi connectivity index (χ4v) is 5.02. The molecule has 6 heteroatoms. The molecule has 1 fully saturated rings. The van der Waals surface area contributed by atoms with Crippen LogP contribution >= 0.6 is 11.3 Å². The van der Waals surface area contributed by atoms with Gasteiger partial charge in [-0.15, -0.1) is 11.3 Å². The summed E-state index contributed by atoms with van der Waals surface area (Å²) in [4.78, 5) is 18.3. The first-order valence-corrected chi connectivity index (χ1v) is 11.5. The number of hydrogen-bond acceptors (Lipinski definition) is 5. The summed E-state index contributed by atoms with van der Waals surface area (Å²) in [5, 5.41) is 4.31. The molecule has 1 amide bonds. The third-order valence-electron chi connectivity index (χ3n) is 5.58. The summed E-state index contributed by atoms with van der Waals surface area (Å²) in [6.07, 6.45) is 0. The Morgan fingerprint density at radius 1 is 1.06 bits per heavy atom. The molecule has 5 nitrogen and oxygen atoms in total. The Hall–Kier alpha value is -2.67. The lowest BCUT2D eigenvalue weighted by Gasteiger charge is -2.28. The minimum absolute atomic E-state index is 0.0236. The summed E-state index contributed by atoms with van der Waals surface area (Å²) in [5.41, 5.74) is 3.44. The van der Waals surface area contributed by atoms with Crippen LogP contribution in [0, 0.1) is 0 Å². The highest BCUT2D eigenvalue weighted by molar-refractivity contribution is 7.18. The molecular weight excluding hydrogens is 406 g/mol. The lowest BCUT2D eigenvalue weighted by molar-refractivity contribution is 0.0946. The minimum Gasteiger partial charge on any atom is -0.378 e. The zero-order chi connectivity index (χ0) is 21.6. The SMILES string of the molecule is CN(C)C(CNC(=O)c1cc(-c2ccccc2)c(N2CCOCC2)s1)c1ccccc1. The van der Waals surface area contributed by atoms with Crippen LogP contribution in [0.15, 0.2) is 66.7 Å². The molecule has 2 heterocycles. The van der Waals surface area contributed by atoms with E-state index >= 15 is 0 Å².